The van der Waals surface area contributed by atoms with E-state index in [9.17, 15) is 4.79 Å². The third-order valence-corrected chi connectivity index (χ3v) is 5.57. The molecule has 0 amide bonds. The molecule has 0 spiro atoms. The quantitative estimate of drug-likeness (QED) is 0.223. The van der Waals surface area contributed by atoms with Gasteiger partial charge in [0.05, 0.1) is 19.5 Å². The zero-order valence-corrected chi connectivity index (χ0v) is 19.4. The number of carbonyl (C=O) groups excluding carboxylic acids is 1. The zero-order chi connectivity index (χ0) is 22.9. The van der Waals surface area contributed by atoms with Gasteiger partial charge in [-0.05, 0) is 55.8 Å². The lowest BCUT2D eigenvalue weighted by molar-refractivity contribution is 0.102. The molecule has 0 bridgehead atoms. The second-order valence-electron chi connectivity index (χ2n) is 6.91. The van der Waals surface area contributed by atoms with Crippen LogP contribution in [-0.4, -0.2) is 40.0 Å². The Morgan fingerprint density at radius 3 is 2.59 bits per heavy atom. The van der Waals surface area contributed by atoms with Gasteiger partial charge in [-0.25, -0.2) is 0 Å². The predicted octanol–water partition coefficient (Wildman–Crippen LogP) is 4.73. The number of Topliss-reactive ketones (excluding diaryl/α,β-unsaturated/α-hetero) is 1. The van der Waals surface area contributed by atoms with E-state index in [1.807, 2.05) is 36.6 Å². The second kappa shape index (κ2) is 11.4. The lowest BCUT2D eigenvalue weighted by Gasteiger charge is -2.13. The van der Waals surface area contributed by atoms with Crippen molar-refractivity contribution in [1.82, 2.24) is 14.8 Å². The van der Waals surface area contributed by atoms with Crippen molar-refractivity contribution in [3.63, 3.8) is 0 Å². The van der Waals surface area contributed by atoms with E-state index in [2.05, 4.69) is 16.8 Å². The van der Waals surface area contributed by atoms with Gasteiger partial charge in [-0.1, -0.05) is 23.9 Å². The molecule has 0 fully saturated rings. The molecule has 0 aliphatic rings. The van der Waals surface area contributed by atoms with Crippen LogP contribution in [0.5, 0.6) is 17.2 Å². The fraction of sp³-hybridized carbons (Fsp3) is 0.292. The van der Waals surface area contributed by atoms with E-state index in [0.29, 0.717) is 46.9 Å². The molecule has 1 heterocycles. The first-order chi connectivity index (χ1) is 15.5. The molecule has 3 aromatic rings. The van der Waals surface area contributed by atoms with Crippen LogP contribution in [0.1, 0.15) is 28.7 Å². The van der Waals surface area contributed by atoms with Crippen molar-refractivity contribution in [2.45, 2.75) is 32.2 Å². The van der Waals surface area contributed by atoms with Crippen LogP contribution in [0.3, 0.4) is 0 Å². The number of thioether (sulfide) groups is 1. The fourth-order valence-electron chi connectivity index (χ4n) is 2.98. The highest BCUT2D eigenvalue weighted by atomic mass is 32.2. The molecule has 2 aromatic carbocycles. The van der Waals surface area contributed by atoms with E-state index in [4.69, 9.17) is 14.2 Å². The van der Waals surface area contributed by atoms with E-state index < -0.39 is 0 Å². The van der Waals surface area contributed by atoms with Gasteiger partial charge in [-0.3, -0.25) is 9.36 Å². The molecule has 1 aromatic heterocycles. The third-order valence-electron chi connectivity index (χ3n) is 4.61. The predicted molar refractivity (Wildman–Crippen MR) is 125 cm³/mol. The van der Waals surface area contributed by atoms with Crippen molar-refractivity contribution < 1.29 is 19.0 Å². The number of benzene rings is 2. The number of hydrogen-bond donors (Lipinski definition) is 0. The molecule has 0 saturated carbocycles. The molecule has 0 atom stereocenters. The van der Waals surface area contributed by atoms with Gasteiger partial charge in [0.2, 0.25) is 0 Å². The summed E-state index contributed by atoms with van der Waals surface area (Å²) >= 11 is 1.34. The van der Waals surface area contributed by atoms with Crippen LogP contribution in [0.25, 0.3) is 0 Å². The maximum atomic E-state index is 12.6. The molecular formula is C24H27N3O4S. The topological polar surface area (TPSA) is 75.5 Å². The number of methoxy groups -OCH3 is 1. The molecule has 8 heteroatoms. The van der Waals surface area contributed by atoms with E-state index in [-0.39, 0.29) is 18.1 Å². The second-order valence-corrected chi connectivity index (χ2v) is 7.85. The number of nitrogens with zero attached hydrogens (tertiary/aromatic N) is 3. The monoisotopic (exact) mass is 453 g/mol. The minimum absolute atomic E-state index is 0.00428. The van der Waals surface area contributed by atoms with E-state index in [0.717, 1.165) is 5.56 Å². The van der Waals surface area contributed by atoms with Crippen molar-refractivity contribution in [2.75, 3.05) is 19.5 Å². The molecule has 32 heavy (non-hydrogen) atoms. The number of ether oxygens (including phenoxy) is 3. The average molecular weight is 454 g/mol. The summed E-state index contributed by atoms with van der Waals surface area (Å²) < 4.78 is 18.7. The van der Waals surface area contributed by atoms with Crippen molar-refractivity contribution in [3.8, 4) is 17.2 Å². The standard InChI is InChI=1S/C24H27N3O4S/c1-5-13-27-23(15-31-21-12-7-17(3)14-22(21)30-6-2)25-26-24(27)32-16-20(28)18-8-10-19(29-4)11-9-18/h5,7-12,14H,1,6,13,15-16H2,2-4H3. The lowest BCUT2D eigenvalue weighted by Crippen LogP contribution is -2.09. The number of allylic oxidation sites excluding steroid dienone is 1. The van der Waals surface area contributed by atoms with E-state index in [1.54, 1.807) is 37.5 Å². The van der Waals surface area contributed by atoms with Crippen LogP contribution >= 0.6 is 11.8 Å². The van der Waals surface area contributed by atoms with Crippen LogP contribution in [0.4, 0.5) is 0 Å². The largest absolute Gasteiger partial charge is 0.497 e. The van der Waals surface area contributed by atoms with Gasteiger partial charge >= 0.3 is 0 Å². The van der Waals surface area contributed by atoms with Gasteiger partial charge in [0, 0.05) is 12.1 Å². The Balaban J connectivity index is 1.68. The summed E-state index contributed by atoms with van der Waals surface area (Å²) in [5, 5.41) is 9.16. The minimum atomic E-state index is 0.00428. The molecule has 0 unspecified atom stereocenters. The summed E-state index contributed by atoms with van der Waals surface area (Å²) in [5.41, 5.74) is 1.72. The molecule has 7 nitrogen and oxygen atoms in total. The van der Waals surface area contributed by atoms with E-state index >= 15 is 0 Å². The number of carbonyl (C=O) groups is 1. The highest BCUT2D eigenvalue weighted by molar-refractivity contribution is 7.99. The van der Waals surface area contributed by atoms with Crippen LogP contribution in [-0.2, 0) is 13.2 Å². The number of rotatable bonds is 12. The highest BCUT2D eigenvalue weighted by Gasteiger charge is 2.16. The van der Waals surface area contributed by atoms with Gasteiger partial charge in [0.15, 0.2) is 28.3 Å². The minimum Gasteiger partial charge on any atom is -0.497 e. The van der Waals surface area contributed by atoms with Crippen LogP contribution in [0, 0.1) is 6.92 Å². The zero-order valence-electron chi connectivity index (χ0n) is 18.5. The van der Waals surface area contributed by atoms with Crippen LogP contribution in [0.2, 0.25) is 0 Å². The summed E-state index contributed by atoms with van der Waals surface area (Å²) in [6.07, 6.45) is 1.76. The van der Waals surface area contributed by atoms with Crippen molar-refractivity contribution in [2.24, 2.45) is 0 Å². The van der Waals surface area contributed by atoms with Crippen molar-refractivity contribution >= 4 is 17.5 Å². The van der Waals surface area contributed by atoms with Gasteiger partial charge in [0.1, 0.15) is 12.4 Å². The summed E-state index contributed by atoms with van der Waals surface area (Å²) in [6, 6.07) is 12.9. The molecule has 0 aliphatic carbocycles. The van der Waals surface area contributed by atoms with Crippen LogP contribution < -0.4 is 14.2 Å². The van der Waals surface area contributed by atoms with Crippen LogP contribution in [0.15, 0.2) is 60.3 Å². The molecular weight excluding hydrogens is 426 g/mol. The first-order valence-electron chi connectivity index (χ1n) is 10.2. The molecule has 0 saturated heterocycles. The molecule has 0 N–H and O–H groups in total. The molecule has 3 rings (SSSR count). The first-order valence-corrected chi connectivity index (χ1v) is 11.2. The van der Waals surface area contributed by atoms with Crippen molar-refractivity contribution in [1.29, 1.82) is 0 Å². The Morgan fingerprint density at radius 2 is 1.91 bits per heavy atom. The van der Waals surface area contributed by atoms with E-state index in [1.165, 1.54) is 11.8 Å². The van der Waals surface area contributed by atoms with Gasteiger partial charge < -0.3 is 14.2 Å². The smallest absolute Gasteiger partial charge is 0.192 e. The maximum Gasteiger partial charge on any atom is 0.192 e. The number of aryl methyl sites for hydroxylation is 1. The fourth-order valence-corrected chi connectivity index (χ4v) is 3.84. The van der Waals surface area contributed by atoms with Crippen molar-refractivity contribution in [3.05, 3.63) is 72.1 Å². The Hall–Kier alpha value is -3.26. The Kier molecular flexibility index (Phi) is 8.33. The Bertz CT molecular complexity index is 1060. The average Bonchev–Trinajstić information content (AvgIpc) is 3.19. The number of aromatic nitrogens is 3. The molecule has 168 valence electrons. The highest BCUT2D eigenvalue weighted by Crippen LogP contribution is 2.29. The maximum absolute atomic E-state index is 12.6. The molecule has 0 aliphatic heterocycles. The number of ketones is 1. The summed E-state index contributed by atoms with van der Waals surface area (Å²) in [7, 11) is 1.59. The first kappa shape index (κ1) is 23.4. The Labute approximate surface area is 192 Å². The lowest BCUT2D eigenvalue weighted by atomic mass is 10.1. The summed E-state index contributed by atoms with van der Waals surface area (Å²) in [6.45, 7) is 9.04. The number of hydrogen-bond acceptors (Lipinski definition) is 7. The summed E-state index contributed by atoms with van der Waals surface area (Å²) in [5.74, 6) is 2.95. The SMILES string of the molecule is C=CCn1c(COc2ccc(C)cc2OCC)nnc1SCC(=O)c1ccc(OC)cc1. The molecule has 0 radical (unpaired) electrons. The summed E-state index contributed by atoms with van der Waals surface area (Å²) in [4.78, 5) is 12.6. The van der Waals surface area contributed by atoms with Gasteiger partial charge in [-0.2, -0.15) is 0 Å². The van der Waals surface area contributed by atoms with Gasteiger partial charge in [-0.15, -0.1) is 16.8 Å². The third kappa shape index (κ3) is 5.91. The van der Waals surface area contributed by atoms with Gasteiger partial charge in [0.25, 0.3) is 0 Å². The normalized spacial score (nSPS) is 10.6. The Morgan fingerprint density at radius 1 is 1.12 bits per heavy atom.